The number of halogens is 3. The average molecular weight is 532 g/mol. The third kappa shape index (κ3) is 6.31. The van der Waals surface area contributed by atoms with Gasteiger partial charge in [0.25, 0.3) is 6.43 Å². The highest BCUT2D eigenvalue weighted by Gasteiger charge is 2.35. The zero-order valence-corrected chi connectivity index (χ0v) is 21.0. The van der Waals surface area contributed by atoms with Crippen molar-refractivity contribution in [1.29, 1.82) is 0 Å². The van der Waals surface area contributed by atoms with Crippen LogP contribution < -0.4 is 15.8 Å². The third-order valence-corrected chi connectivity index (χ3v) is 6.36. The monoisotopic (exact) mass is 531 g/mol. The van der Waals surface area contributed by atoms with E-state index in [1.54, 1.807) is 13.0 Å². The second-order valence-electron chi connectivity index (χ2n) is 9.09. The van der Waals surface area contributed by atoms with Gasteiger partial charge < -0.3 is 25.3 Å². The average Bonchev–Trinajstić information content (AvgIpc) is 2.91. The van der Waals surface area contributed by atoms with Crippen molar-refractivity contribution in [3.05, 3.63) is 53.6 Å². The van der Waals surface area contributed by atoms with Crippen molar-refractivity contribution >= 4 is 12.0 Å². The van der Waals surface area contributed by atoms with Crippen LogP contribution in [0.1, 0.15) is 30.7 Å². The molecule has 12 heteroatoms. The summed E-state index contributed by atoms with van der Waals surface area (Å²) in [6.07, 6.45) is -2.21. The van der Waals surface area contributed by atoms with Crippen molar-refractivity contribution in [2.24, 2.45) is 5.41 Å². The number of nitrogen functional groups attached to an aromatic ring is 1. The topological polar surface area (TPSA) is 121 Å². The van der Waals surface area contributed by atoms with Crippen molar-refractivity contribution in [1.82, 2.24) is 20.3 Å². The van der Waals surface area contributed by atoms with Crippen LogP contribution in [0.5, 0.6) is 5.88 Å². The molecule has 1 amide bonds. The molecular weight excluding hydrogens is 503 g/mol. The van der Waals surface area contributed by atoms with Gasteiger partial charge in [0.2, 0.25) is 11.8 Å². The molecule has 3 heterocycles. The van der Waals surface area contributed by atoms with Crippen LogP contribution in [-0.2, 0) is 9.47 Å². The van der Waals surface area contributed by atoms with Crippen molar-refractivity contribution in [2.45, 2.75) is 26.2 Å². The predicted molar refractivity (Wildman–Crippen MR) is 133 cm³/mol. The smallest absolute Gasteiger partial charge is 0.406 e. The molecule has 0 atom stereocenters. The van der Waals surface area contributed by atoms with Crippen LogP contribution in [0.2, 0.25) is 0 Å². The van der Waals surface area contributed by atoms with Gasteiger partial charge in [-0.2, -0.15) is 4.98 Å². The van der Waals surface area contributed by atoms with Crippen molar-refractivity contribution in [3.8, 4) is 28.3 Å². The van der Waals surface area contributed by atoms with E-state index in [-0.39, 0.29) is 30.7 Å². The second kappa shape index (κ2) is 11.6. The standard InChI is InChI=1S/C26H28F3N5O4/c1-15-11-17(12-19(32-15)22(28)29)20-21(16-3-5-18(27)6-4-16)33-24(30)34-23(20)38-14-26(7-9-37-10-8-26)13-31-25(35)36-2/h3-6,11-12,22H,7-10,13-14H2,1-2H3,(H,31,35)(H2,30,33,34). The van der Waals surface area contributed by atoms with Crippen LogP contribution >= 0.6 is 0 Å². The first-order chi connectivity index (χ1) is 18.2. The Balaban J connectivity index is 1.80. The highest BCUT2D eigenvalue weighted by Crippen LogP contribution is 2.40. The number of carbonyl (C=O) groups excluding carboxylic acids is 1. The van der Waals surface area contributed by atoms with E-state index in [0.717, 1.165) is 0 Å². The van der Waals surface area contributed by atoms with Gasteiger partial charge in [0.05, 0.1) is 25.0 Å². The lowest BCUT2D eigenvalue weighted by Crippen LogP contribution is -2.45. The van der Waals surface area contributed by atoms with Crippen LogP contribution in [0, 0.1) is 18.2 Å². The van der Waals surface area contributed by atoms with E-state index in [1.165, 1.54) is 37.4 Å². The molecule has 3 N–H and O–H groups in total. The van der Waals surface area contributed by atoms with Crippen LogP contribution in [-0.4, -0.2) is 54.5 Å². The highest BCUT2D eigenvalue weighted by atomic mass is 19.3. The number of nitrogens with zero attached hydrogens (tertiary/aromatic N) is 3. The number of amides is 1. The quantitative estimate of drug-likeness (QED) is 0.429. The summed E-state index contributed by atoms with van der Waals surface area (Å²) < 4.78 is 57.4. The Morgan fingerprint density at radius 2 is 1.84 bits per heavy atom. The van der Waals surface area contributed by atoms with Gasteiger partial charge in [-0.25, -0.2) is 22.9 Å². The fraction of sp³-hybridized carbons (Fsp3) is 0.385. The largest absolute Gasteiger partial charge is 0.476 e. The molecule has 2 aromatic heterocycles. The number of benzene rings is 1. The molecule has 3 aromatic rings. The summed E-state index contributed by atoms with van der Waals surface area (Å²) in [7, 11) is 1.28. The minimum atomic E-state index is -2.81. The number of alkyl carbamates (subject to hydrolysis) is 1. The van der Waals surface area contributed by atoms with Gasteiger partial charge in [0.1, 0.15) is 11.5 Å². The number of ether oxygens (including phenoxy) is 3. The van der Waals surface area contributed by atoms with Gasteiger partial charge in [-0.3, -0.25) is 4.98 Å². The first-order valence-corrected chi connectivity index (χ1v) is 11.9. The van der Waals surface area contributed by atoms with E-state index >= 15 is 0 Å². The van der Waals surface area contributed by atoms with Gasteiger partial charge in [0, 0.05) is 36.4 Å². The molecule has 1 aliphatic heterocycles. The van der Waals surface area contributed by atoms with E-state index in [0.29, 0.717) is 48.4 Å². The Morgan fingerprint density at radius 3 is 2.50 bits per heavy atom. The number of anilines is 1. The maximum absolute atomic E-state index is 13.7. The number of hydrogen-bond donors (Lipinski definition) is 2. The normalized spacial score (nSPS) is 14.8. The maximum atomic E-state index is 13.7. The summed E-state index contributed by atoms with van der Waals surface area (Å²) in [5.74, 6) is -0.503. The molecule has 0 saturated carbocycles. The Morgan fingerprint density at radius 1 is 1.13 bits per heavy atom. The highest BCUT2D eigenvalue weighted by molar-refractivity contribution is 5.85. The predicted octanol–water partition coefficient (Wildman–Crippen LogP) is 4.70. The number of aryl methyl sites for hydroxylation is 1. The summed E-state index contributed by atoms with van der Waals surface area (Å²) in [4.78, 5) is 24.4. The minimum absolute atomic E-state index is 0.0616. The number of methoxy groups -OCH3 is 1. The van der Waals surface area contributed by atoms with E-state index in [9.17, 15) is 18.0 Å². The molecule has 4 rings (SSSR count). The zero-order valence-electron chi connectivity index (χ0n) is 21.0. The molecule has 0 spiro atoms. The lowest BCUT2D eigenvalue weighted by Gasteiger charge is -2.36. The van der Waals surface area contributed by atoms with Crippen molar-refractivity contribution in [2.75, 3.05) is 39.2 Å². The molecule has 0 aliphatic carbocycles. The molecule has 0 bridgehead atoms. The molecular formula is C26H28F3N5O4. The molecule has 0 radical (unpaired) electrons. The number of hydrogen-bond acceptors (Lipinski definition) is 8. The molecule has 1 fully saturated rings. The van der Waals surface area contributed by atoms with Crippen molar-refractivity contribution in [3.63, 3.8) is 0 Å². The second-order valence-corrected chi connectivity index (χ2v) is 9.09. The van der Waals surface area contributed by atoms with Crippen LogP contribution in [0.3, 0.4) is 0 Å². The third-order valence-electron chi connectivity index (χ3n) is 6.36. The molecule has 1 aliphatic rings. The molecule has 202 valence electrons. The van der Waals surface area contributed by atoms with Gasteiger partial charge in [-0.1, -0.05) is 0 Å². The first kappa shape index (κ1) is 27.1. The number of nitrogens with two attached hydrogens (primary N) is 1. The van der Waals surface area contributed by atoms with Gasteiger partial charge >= 0.3 is 6.09 Å². The van der Waals surface area contributed by atoms with Gasteiger partial charge in [0.15, 0.2) is 0 Å². The van der Waals surface area contributed by atoms with E-state index in [4.69, 9.17) is 19.9 Å². The number of alkyl halides is 2. The molecule has 0 unspecified atom stereocenters. The number of pyridine rings is 1. The van der Waals surface area contributed by atoms with Crippen LogP contribution in [0.4, 0.5) is 23.9 Å². The fourth-order valence-electron chi connectivity index (χ4n) is 4.32. The van der Waals surface area contributed by atoms with Gasteiger partial charge in [-0.05, 0) is 61.7 Å². The lowest BCUT2D eigenvalue weighted by molar-refractivity contribution is -0.00978. The van der Waals surface area contributed by atoms with Crippen LogP contribution in [0.25, 0.3) is 22.4 Å². The summed E-state index contributed by atoms with van der Waals surface area (Å²) in [6, 6.07) is 8.39. The Bertz CT molecular complexity index is 1280. The Labute approximate surface area is 217 Å². The van der Waals surface area contributed by atoms with Gasteiger partial charge in [-0.15, -0.1) is 0 Å². The Kier molecular flexibility index (Phi) is 8.30. The number of rotatable bonds is 8. The van der Waals surface area contributed by atoms with Crippen LogP contribution in [0.15, 0.2) is 36.4 Å². The summed E-state index contributed by atoms with van der Waals surface area (Å²) in [6.45, 7) is 2.90. The number of nitrogens with one attached hydrogen (secondary N) is 1. The SMILES string of the molecule is COC(=O)NCC1(COc2nc(N)nc(-c3ccc(F)cc3)c2-c2cc(C)nc(C(F)F)c2)CCOCC1. The summed E-state index contributed by atoms with van der Waals surface area (Å²) in [5, 5.41) is 2.73. The number of carbonyl (C=O) groups is 1. The lowest BCUT2D eigenvalue weighted by atomic mass is 9.81. The number of aromatic nitrogens is 3. The zero-order chi connectivity index (χ0) is 27.3. The molecule has 9 nitrogen and oxygen atoms in total. The summed E-state index contributed by atoms with van der Waals surface area (Å²) in [5.41, 5.74) is 6.88. The molecule has 1 saturated heterocycles. The maximum Gasteiger partial charge on any atom is 0.406 e. The fourth-order valence-corrected chi connectivity index (χ4v) is 4.32. The minimum Gasteiger partial charge on any atom is -0.476 e. The molecule has 38 heavy (non-hydrogen) atoms. The first-order valence-electron chi connectivity index (χ1n) is 11.9. The van der Waals surface area contributed by atoms with E-state index in [1.807, 2.05) is 0 Å². The molecule has 1 aromatic carbocycles. The van der Waals surface area contributed by atoms with Crippen molar-refractivity contribution < 1.29 is 32.2 Å². The van der Waals surface area contributed by atoms with E-state index in [2.05, 4.69) is 20.3 Å². The summed E-state index contributed by atoms with van der Waals surface area (Å²) >= 11 is 0. The van der Waals surface area contributed by atoms with E-state index < -0.39 is 29.4 Å². The Hall–Kier alpha value is -3.93.